The lowest BCUT2D eigenvalue weighted by atomic mass is 10.1. The van der Waals surface area contributed by atoms with Crippen molar-refractivity contribution in [3.63, 3.8) is 0 Å². The molecule has 0 aromatic heterocycles. The van der Waals surface area contributed by atoms with Crippen LogP contribution in [0.5, 0.6) is 11.5 Å². The van der Waals surface area contributed by atoms with E-state index in [1.165, 1.54) is 0 Å². The van der Waals surface area contributed by atoms with Crippen molar-refractivity contribution in [1.82, 2.24) is 10.6 Å². The summed E-state index contributed by atoms with van der Waals surface area (Å²) in [6, 6.07) is 3.12. The number of ether oxygens (including phenoxy) is 2. The fraction of sp³-hybridized carbons (Fsp3) is 0.333. The minimum Gasteiger partial charge on any atom is -0.493 e. The molecule has 2 N–H and O–H groups in total. The Balaban J connectivity index is 2.35. The van der Waals surface area contributed by atoms with Crippen LogP contribution in [0.1, 0.15) is 25.8 Å². The Morgan fingerprint density at radius 3 is 2.59 bits per heavy atom. The minimum absolute atomic E-state index is 0.0755. The molecule has 1 aliphatic rings. The average molecular weight is 416 g/mol. The lowest BCUT2D eigenvalue weighted by Crippen LogP contribution is -2.22. The Labute approximate surface area is 142 Å². The summed E-state index contributed by atoms with van der Waals surface area (Å²) in [6.07, 6.45) is 2.56. The van der Waals surface area contributed by atoms with Crippen molar-refractivity contribution in [3.8, 4) is 11.5 Å². The van der Waals surface area contributed by atoms with E-state index in [9.17, 15) is 9.59 Å². The summed E-state index contributed by atoms with van der Waals surface area (Å²) in [5, 5.41) is 4.61. The van der Waals surface area contributed by atoms with Gasteiger partial charge in [-0.1, -0.05) is 6.92 Å². The van der Waals surface area contributed by atoms with Crippen LogP contribution in [-0.4, -0.2) is 25.2 Å². The van der Waals surface area contributed by atoms with E-state index in [4.69, 9.17) is 9.47 Å². The number of carbonyl (C=O) groups is 2. The van der Waals surface area contributed by atoms with Crippen LogP contribution in [0.25, 0.3) is 6.08 Å². The predicted molar refractivity (Wildman–Crippen MR) is 90.7 cm³/mol. The van der Waals surface area contributed by atoms with Gasteiger partial charge in [0, 0.05) is 0 Å². The number of nitrogens with one attached hydrogen (secondary N) is 2. The summed E-state index contributed by atoms with van der Waals surface area (Å²) in [7, 11) is 1.57. The molecule has 0 radical (unpaired) electrons. The molecule has 7 heteroatoms. The number of rotatable bonds is 5. The van der Waals surface area contributed by atoms with Gasteiger partial charge in [0.25, 0.3) is 5.91 Å². The summed E-state index contributed by atoms with van der Waals surface area (Å²) < 4.78 is 12.1. The zero-order valence-electron chi connectivity index (χ0n) is 12.5. The fourth-order valence-electron chi connectivity index (χ4n) is 1.87. The molecule has 0 aliphatic carbocycles. The Morgan fingerprint density at radius 1 is 1.32 bits per heavy atom. The molecule has 0 unspecified atom stereocenters. The maximum atomic E-state index is 11.6. The van der Waals surface area contributed by atoms with Gasteiger partial charge in [-0.15, -0.1) is 0 Å². The lowest BCUT2D eigenvalue weighted by Gasteiger charge is -2.17. The smallest absolute Gasteiger partial charge is 0.326 e. The van der Waals surface area contributed by atoms with Gasteiger partial charge in [0.15, 0.2) is 11.5 Å². The number of methoxy groups -OCH3 is 1. The monoisotopic (exact) mass is 416 g/mol. The van der Waals surface area contributed by atoms with Crippen LogP contribution in [0.2, 0.25) is 0 Å². The maximum Gasteiger partial charge on any atom is 0.326 e. The third-order valence-electron chi connectivity index (χ3n) is 3.18. The molecule has 1 aliphatic heterocycles. The number of benzene rings is 1. The number of halogens is 1. The highest BCUT2D eigenvalue weighted by molar-refractivity contribution is 14.1. The first kappa shape index (κ1) is 16.6. The normalized spacial score (nSPS) is 17.2. The standard InChI is InChI=1S/C15H17IN2O4/c1-4-8(2)22-13-10(16)5-9(7-12(13)21-3)6-11-14(19)18-15(20)17-11/h5-8H,4H2,1-3H3,(H2,17,18,19,20)/b11-6+/t8-/m1/s1. The van der Waals surface area contributed by atoms with Gasteiger partial charge in [-0.05, 0) is 59.7 Å². The van der Waals surface area contributed by atoms with E-state index in [1.54, 1.807) is 19.3 Å². The number of amides is 3. The van der Waals surface area contributed by atoms with Crippen LogP contribution in [-0.2, 0) is 4.79 Å². The lowest BCUT2D eigenvalue weighted by molar-refractivity contribution is -0.115. The van der Waals surface area contributed by atoms with Crippen molar-refractivity contribution in [1.29, 1.82) is 0 Å². The molecule has 1 heterocycles. The van der Waals surface area contributed by atoms with Crippen LogP contribution >= 0.6 is 22.6 Å². The molecule has 2 rings (SSSR count). The SMILES string of the molecule is CC[C@@H](C)Oc1c(I)cc(/C=C2/NC(=O)NC2=O)cc1OC. The van der Waals surface area contributed by atoms with E-state index in [2.05, 4.69) is 33.2 Å². The summed E-state index contributed by atoms with van der Waals surface area (Å²) >= 11 is 2.16. The van der Waals surface area contributed by atoms with Crippen LogP contribution < -0.4 is 20.1 Å². The van der Waals surface area contributed by atoms with Gasteiger partial charge in [0.1, 0.15) is 5.70 Å². The zero-order valence-corrected chi connectivity index (χ0v) is 14.7. The molecule has 1 aromatic rings. The number of hydrogen-bond donors (Lipinski definition) is 2. The van der Waals surface area contributed by atoms with E-state index >= 15 is 0 Å². The van der Waals surface area contributed by atoms with E-state index in [-0.39, 0.29) is 11.8 Å². The average Bonchev–Trinajstić information content (AvgIpc) is 2.79. The summed E-state index contributed by atoms with van der Waals surface area (Å²) in [5.41, 5.74) is 0.948. The van der Waals surface area contributed by atoms with Gasteiger partial charge in [-0.2, -0.15) is 0 Å². The number of imide groups is 1. The molecule has 1 saturated heterocycles. The number of carbonyl (C=O) groups excluding carboxylic acids is 2. The minimum atomic E-state index is -0.519. The summed E-state index contributed by atoms with van der Waals surface area (Å²) in [6.45, 7) is 4.04. The predicted octanol–water partition coefficient (Wildman–Crippen LogP) is 2.66. The molecule has 0 bridgehead atoms. The highest BCUT2D eigenvalue weighted by atomic mass is 127. The third-order valence-corrected chi connectivity index (χ3v) is 3.98. The van der Waals surface area contributed by atoms with Gasteiger partial charge in [-0.3, -0.25) is 10.1 Å². The van der Waals surface area contributed by atoms with Gasteiger partial charge in [0.2, 0.25) is 0 Å². The Bertz CT molecular complexity index is 643. The van der Waals surface area contributed by atoms with E-state index in [0.717, 1.165) is 15.6 Å². The molecule has 6 nitrogen and oxygen atoms in total. The molecule has 1 fully saturated rings. The second-order valence-electron chi connectivity index (χ2n) is 4.84. The van der Waals surface area contributed by atoms with Crippen molar-refractivity contribution in [2.75, 3.05) is 7.11 Å². The molecule has 3 amide bonds. The second-order valence-corrected chi connectivity index (χ2v) is 6.00. The van der Waals surface area contributed by atoms with Crippen LogP contribution in [0.3, 0.4) is 0 Å². The molecule has 1 aromatic carbocycles. The first-order valence-electron chi connectivity index (χ1n) is 6.82. The summed E-state index contributed by atoms with van der Waals surface area (Å²) in [5.74, 6) is 0.821. The zero-order chi connectivity index (χ0) is 16.3. The molecule has 0 spiro atoms. The van der Waals surface area contributed by atoms with Crippen molar-refractivity contribution >= 4 is 40.6 Å². The molecular weight excluding hydrogens is 399 g/mol. The highest BCUT2D eigenvalue weighted by Crippen LogP contribution is 2.35. The Kier molecular flexibility index (Phi) is 5.28. The maximum absolute atomic E-state index is 11.6. The first-order valence-corrected chi connectivity index (χ1v) is 7.90. The van der Waals surface area contributed by atoms with Crippen LogP contribution in [0, 0.1) is 3.57 Å². The quantitative estimate of drug-likeness (QED) is 0.440. The number of urea groups is 1. The van der Waals surface area contributed by atoms with Gasteiger partial charge in [0.05, 0.1) is 16.8 Å². The van der Waals surface area contributed by atoms with Crippen molar-refractivity contribution < 1.29 is 19.1 Å². The van der Waals surface area contributed by atoms with Gasteiger partial charge in [-0.25, -0.2) is 4.79 Å². The van der Waals surface area contributed by atoms with Crippen LogP contribution in [0.15, 0.2) is 17.8 Å². The molecular formula is C15H17IN2O4. The molecule has 0 saturated carbocycles. The largest absolute Gasteiger partial charge is 0.493 e. The van der Waals surface area contributed by atoms with E-state index < -0.39 is 11.9 Å². The van der Waals surface area contributed by atoms with E-state index in [1.807, 2.05) is 19.9 Å². The first-order chi connectivity index (χ1) is 10.4. The topological polar surface area (TPSA) is 76.7 Å². The van der Waals surface area contributed by atoms with Gasteiger partial charge < -0.3 is 14.8 Å². The Morgan fingerprint density at radius 2 is 2.05 bits per heavy atom. The van der Waals surface area contributed by atoms with E-state index in [0.29, 0.717) is 11.5 Å². The molecule has 1 atom stereocenters. The second kappa shape index (κ2) is 6.99. The van der Waals surface area contributed by atoms with Crippen molar-refractivity contribution in [2.24, 2.45) is 0 Å². The van der Waals surface area contributed by atoms with Gasteiger partial charge >= 0.3 is 6.03 Å². The summed E-state index contributed by atoms with van der Waals surface area (Å²) in [4.78, 5) is 22.7. The van der Waals surface area contributed by atoms with Crippen molar-refractivity contribution in [3.05, 3.63) is 27.0 Å². The highest BCUT2D eigenvalue weighted by Gasteiger charge is 2.23. The molecule has 118 valence electrons. The van der Waals surface area contributed by atoms with Crippen molar-refractivity contribution in [2.45, 2.75) is 26.4 Å². The third kappa shape index (κ3) is 3.70. The molecule has 22 heavy (non-hydrogen) atoms. The number of hydrogen-bond acceptors (Lipinski definition) is 4. The fourth-order valence-corrected chi connectivity index (χ4v) is 2.62. The van der Waals surface area contributed by atoms with Crippen LogP contribution in [0.4, 0.5) is 4.79 Å². The Hall–Kier alpha value is -1.77.